The lowest BCUT2D eigenvalue weighted by atomic mass is 9.92. The summed E-state index contributed by atoms with van der Waals surface area (Å²) in [5.74, 6) is -0.312. The Morgan fingerprint density at radius 2 is 1.65 bits per heavy atom. The molecule has 0 spiro atoms. The second-order valence-electron chi connectivity index (χ2n) is 9.48. The van der Waals surface area contributed by atoms with Gasteiger partial charge in [0.25, 0.3) is 10.1 Å². The minimum atomic E-state index is -3.90. The molecule has 2 heterocycles. The number of ether oxygens (including phenoxy) is 2. The molecule has 11 heteroatoms. The molecule has 0 aromatic rings. The minimum Gasteiger partial charge on any atom is -0.459 e. The Morgan fingerprint density at radius 1 is 1.06 bits per heavy atom. The molecule has 0 aromatic heterocycles. The highest BCUT2D eigenvalue weighted by molar-refractivity contribution is 7.91. The van der Waals surface area contributed by atoms with Crippen molar-refractivity contribution in [3.05, 3.63) is 0 Å². The van der Waals surface area contributed by atoms with E-state index in [2.05, 4.69) is 0 Å². The van der Waals surface area contributed by atoms with Gasteiger partial charge in [0.15, 0.2) is 4.75 Å². The molecule has 0 atom stereocenters. The van der Waals surface area contributed by atoms with Crippen LogP contribution in [0.3, 0.4) is 0 Å². The van der Waals surface area contributed by atoms with Crippen molar-refractivity contribution in [2.24, 2.45) is 5.92 Å². The average Bonchev–Trinajstić information content (AvgIpc) is 2.66. The smallest absolute Gasteiger partial charge is 0.329 e. The lowest BCUT2D eigenvalue weighted by molar-refractivity contribution is -0.161. The molecule has 2 rings (SSSR count). The molecule has 0 aliphatic carbocycles. The van der Waals surface area contributed by atoms with E-state index in [1.54, 1.807) is 20.8 Å². The first kappa shape index (κ1) is 26.5. The van der Waals surface area contributed by atoms with E-state index in [1.807, 2.05) is 0 Å². The number of sulfonamides is 1. The largest absolute Gasteiger partial charge is 0.459 e. The first-order valence-corrected chi connectivity index (χ1v) is 14.2. The number of hydrogen-bond donors (Lipinski definition) is 0. The number of unbranched alkanes of at least 4 members (excludes halogenated alkanes) is 1. The van der Waals surface area contributed by atoms with Gasteiger partial charge in [0.2, 0.25) is 10.0 Å². The van der Waals surface area contributed by atoms with Crippen LogP contribution in [0.25, 0.3) is 0 Å². The van der Waals surface area contributed by atoms with Crippen LogP contribution >= 0.6 is 0 Å². The predicted octanol–water partition coefficient (Wildman–Crippen LogP) is 2.07. The monoisotopic (exact) mass is 483 g/mol. The number of esters is 1. The van der Waals surface area contributed by atoms with Gasteiger partial charge >= 0.3 is 5.97 Å². The van der Waals surface area contributed by atoms with Crippen LogP contribution in [-0.4, -0.2) is 76.6 Å². The van der Waals surface area contributed by atoms with Crippen LogP contribution in [-0.2, 0) is 38.6 Å². The van der Waals surface area contributed by atoms with Crippen LogP contribution in [0, 0.1) is 5.92 Å². The molecule has 0 saturated carbocycles. The molecule has 0 radical (unpaired) electrons. The molecule has 9 nitrogen and oxygen atoms in total. The fourth-order valence-electron chi connectivity index (χ4n) is 4.07. The topological polar surface area (TPSA) is 116 Å². The summed E-state index contributed by atoms with van der Waals surface area (Å²) in [5.41, 5.74) is -0.772. The lowest BCUT2D eigenvalue weighted by Crippen LogP contribution is -2.59. The zero-order valence-corrected chi connectivity index (χ0v) is 20.7. The third-order valence-corrected chi connectivity index (χ3v) is 8.98. The standard InChI is InChI=1S/C20H37NO8S2/c1-19(2,3)29-18(22)20(10-15-27-16-11-20)31(25,26)21-12-8-17(9-13-21)7-5-6-14-28-30(4,23)24/h17H,5-16H2,1-4H3. The molecule has 0 unspecified atom stereocenters. The Bertz CT molecular complexity index is 803. The number of carbonyl (C=O) groups excluding carboxylic acids is 1. The van der Waals surface area contributed by atoms with Crippen LogP contribution < -0.4 is 0 Å². The first-order valence-electron chi connectivity index (χ1n) is 10.9. The van der Waals surface area contributed by atoms with Crippen LogP contribution in [0.15, 0.2) is 0 Å². The van der Waals surface area contributed by atoms with Gasteiger partial charge in [0.1, 0.15) is 5.60 Å². The summed E-state index contributed by atoms with van der Waals surface area (Å²) in [6, 6.07) is 0. The van der Waals surface area contributed by atoms with Crippen LogP contribution in [0.4, 0.5) is 0 Å². The van der Waals surface area contributed by atoms with Gasteiger partial charge in [-0.25, -0.2) is 12.7 Å². The summed E-state index contributed by atoms with van der Waals surface area (Å²) < 4.78 is 64.6. The maximum atomic E-state index is 13.6. The van der Waals surface area contributed by atoms with Crippen molar-refractivity contribution < 1.29 is 35.3 Å². The second-order valence-corrected chi connectivity index (χ2v) is 13.4. The fourth-order valence-corrected chi connectivity index (χ4v) is 6.61. The Morgan fingerprint density at radius 3 is 2.16 bits per heavy atom. The SMILES string of the molecule is CC(C)(C)OC(=O)C1(S(=O)(=O)N2CCC(CCCCOS(C)(=O)=O)CC2)CCOCC1. The van der Waals surface area contributed by atoms with Gasteiger partial charge in [-0.15, -0.1) is 0 Å². The molecule has 31 heavy (non-hydrogen) atoms. The van der Waals surface area contributed by atoms with E-state index in [1.165, 1.54) is 4.31 Å². The number of hydrogen-bond acceptors (Lipinski definition) is 8. The van der Waals surface area contributed by atoms with E-state index < -0.39 is 36.5 Å². The van der Waals surface area contributed by atoms with Gasteiger partial charge in [0.05, 0.1) is 12.9 Å². The van der Waals surface area contributed by atoms with Gasteiger partial charge in [-0.05, 0) is 46.0 Å². The molecule has 0 aromatic carbocycles. The minimum absolute atomic E-state index is 0.102. The van der Waals surface area contributed by atoms with E-state index in [0.29, 0.717) is 38.3 Å². The van der Waals surface area contributed by atoms with Crippen LogP contribution in [0.5, 0.6) is 0 Å². The van der Waals surface area contributed by atoms with Gasteiger partial charge in [-0.1, -0.05) is 12.8 Å². The van der Waals surface area contributed by atoms with E-state index in [9.17, 15) is 21.6 Å². The second kappa shape index (κ2) is 10.5. The van der Waals surface area contributed by atoms with Gasteiger partial charge in [-0.3, -0.25) is 8.98 Å². The van der Waals surface area contributed by atoms with Crippen molar-refractivity contribution in [2.75, 3.05) is 39.2 Å². The van der Waals surface area contributed by atoms with Gasteiger partial charge < -0.3 is 9.47 Å². The molecular weight excluding hydrogens is 446 g/mol. The highest BCUT2D eigenvalue weighted by Gasteiger charge is 2.56. The Balaban J connectivity index is 1.96. The summed E-state index contributed by atoms with van der Waals surface area (Å²) in [5, 5.41) is 0. The van der Waals surface area contributed by atoms with Crippen molar-refractivity contribution in [2.45, 2.75) is 76.1 Å². The zero-order chi connectivity index (χ0) is 23.3. The number of carbonyl (C=O) groups is 1. The summed E-state index contributed by atoms with van der Waals surface area (Å²) in [6.07, 6.45) is 5.03. The van der Waals surface area contributed by atoms with Crippen molar-refractivity contribution >= 4 is 26.1 Å². The zero-order valence-electron chi connectivity index (χ0n) is 19.1. The molecule has 182 valence electrons. The summed E-state index contributed by atoms with van der Waals surface area (Å²) in [7, 11) is -7.30. The van der Waals surface area contributed by atoms with E-state index in [-0.39, 0.29) is 32.7 Å². The molecule has 0 amide bonds. The van der Waals surface area contributed by atoms with Crippen LogP contribution in [0.1, 0.15) is 65.7 Å². The normalized spacial score (nSPS) is 21.7. The molecule has 2 saturated heterocycles. The Labute approximate surface area is 187 Å². The summed E-state index contributed by atoms with van der Waals surface area (Å²) in [4.78, 5) is 13.0. The Kier molecular flexibility index (Phi) is 8.94. The maximum absolute atomic E-state index is 13.6. The van der Waals surface area contributed by atoms with Crippen molar-refractivity contribution in [3.63, 3.8) is 0 Å². The molecular formula is C20H37NO8S2. The highest BCUT2D eigenvalue weighted by Crippen LogP contribution is 2.37. The van der Waals surface area contributed by atoms with Crippen molar-refractivity contribution in [1.82, 2.24) is 4.31 Å². The molecule has 2 fully saturated rings. The van der Waals surface area contributed by atoms with Crippen molar-refractivity contribution in [3.8, 4) is 0 Å². The molecule has 2 aliphatic rings. The van der Waals surface area contributed by atoms with E-state index >= 15 is 0 Å². The van der Waals surface area contributed by atoms with Crippen molar-refractivity contribution in [1.29, 1.82) is 0 Å². The Hall–Kier alpha value is -0.750. The van der Waals surface area contributed by atoms with E-state index in [4.69, 9.17) is 13.7 Å². The number of piperidine rings is 1. The van der Waals surface area contributed by atoms with Gasteiger partial charge in [0, 0.05) is 39.1 Å². The molecule has 0 N–H and O–H groups in total. The molecule has 2 aliphatic heterocycles. The summed E-state index contributed by atoms with van der Waals surface area (Å²) in [6.45, 7) is 6.54. The summed E-state index contributed by atoms with van der Waals surface area (Å²) >= 11 is 0. The first-order chi connectivity index (χ1) is 14.3. The third-order valence-electron chi connectivity index (χ3n) is 5.78. The average molecular weight is 484 g/mol. The predicted molar refractivity (Wildman–Crippen MR) is 116 cm³/mol. The molecule has 0 bridgehead atoms. The number of nitrogens with zero attached hydrogens (tertiary/aromatic N) is 1. The third kappa shape index (κ3) is 7.38. The highest BCUT2D eigenvalue weighted by atomic mass is 32.2. The number of rotatable bonds is 9. The quantitative estimate of drug-likeness (QED) is 0.278. The fraction of sp³-hybridized carbons (Fsp3) is 0.950. The maximum Gasteiger partial charge on any atom is 0.329 e. The van der Waals surface area contributed by atoms with Gasteiger partial charge in [-0.2, -0.15) is 8.42 Å². The van der Waals surface area contributed by atoms with Crippen LogP contribution in [0.2, 0.25) is 0 Å². The van der Waals surface area contributed by atoms with E-state index in [0.717, 1.165) is 19.1 Å². The lowest BCUT2D eigenvalue weighted by Gasteiger charge is -2.41.